The zero-order chi connectivity index (χ0) is 45.0. The average molecular weight is 903 g/mol. The number of carbonyl (C=O) groups excluding carboxylic acids is 1. The number of oxime groups is 1. The molecule has 2 aliphatic carbocycles. The van der Waals surface area contributed by atoms with Crippen molar-refractivity contribution < 1.29 is 38.8 Å². The van der Waals surface area contributed by atoms with Gasteiger partial charge in [-0.3, -0.25) is 4.79 Å². The van der Waals surface area contributed by atoms with Crippen LogP contribution in [0.25, 0.3) is 10.8 Å². The summed E-state index contributed by atoms with van der Waals surface area (Å²) in [5.74, 6) is 0.460. The Labute approximate surface area is 389 Å². The van der Waals surface area contributed by atoms with Gasteiger partial charge in [0.15, 0.2) is 0 Å². The van der Waals surface area contributed by atoms with Crippen molar-refractivity contribution in [3.05, 3.63) is 126 Å². The molecular formula is C54H66N2O8S. The van der Waals surface area contributed by atoms with Gasteiger partial charge in [-0.05, 0) is 116 Å². The van der Waals surface area contributed by atoms with Gasteiger partial charge >= 0.3 is 0 Å². The van der Waals surface area contributed by atoms with E-state index in [1.807, 2.05) is 59.5 Å². The summed E-state index contributed by atoms with van der Waals surface area (Å²) in [5.41, 5.74) is 3.40. The molecule has 0 aromatic heterocycles. The fourth-order valence-corrected chi connectivity index (χ4v) is 11.4. The maximum atomic E-state index is 15.3. The number of hydrogen-bond donors (Lipinski definition) is 2. The molecule has 0 radical (unpaired) electrons. The molecule has 0 bridgehead atoms. The summed E-state index contributed by atoms with van der Waals surface area (Å²) in [6, 6.07) is 29.9. The van der Waals surface area contributed by atoms with Gasteiger partial charge in [0.25, 0.3) is 5.91 Å². The Hall–Kier alpha value is -4.65. The van der Waals surface area contributed by atoms with E-state index in [0.29, 0.717) is 56.8 Å². The monoisotopic (exact) mass is 902 g/mol. The molecule has 2 aliphatic heterocycles. The molecule has 0 spiro atoms. The number of nitrogens with zero attached hydrogens (tertiary/aromatic N) is 2. The van der Waals surface area contributed by atoms with E-state index in [2.05, 4.69) is 56.0 Å². The van der Waals surface area contributed by atoms with Crippen LogP contribution in [0.5, 0.6) is 11.5 Å². The summed E-state index contributed by atoms with van der Waals surface area (Å²) in [5, 5.41) is 27.1. The predicted molar refractivity (Wildman–Crippen MR) is 258 cm³/mol. The van der Waals surface area contributed by atoms with Crippen LogP contribution in [0.3, 0.4) is 0 Å². The van der Waals surface area contributed by atoms with Crippen LogP contribution in [0.15, 0.2) is 125 Å². The number of fused-ring (bicyclic) bond motifs is 3. The van der Waals surface area contributed by atoms with Gasteiger partial charge in [-0.1, -0.05) is 85.6 Å². The largest absolute Gasteiger partial charge is 0.493 e. The zero-order valence-corrected chi connectivity index (χ0v) is 38.7. The van der Waals surface area contributed by atoms with Crippen LogP contribution in [0, 0.1) is 17.8 Å². The first-order valence-corrected chi connectivity index (χ1v) is 24.9. The van der Waals surface area contributed by atoms with Gasteiger partial charge in [-0.15, -0.1) is 18.3 Å². The van der Waals surface area contributed by atoms with Crippen LogP contribution in [-0.4, -0.2) is 90.2 Å². The van der Waals surface area contributed by atoms with Crippen molar-refractivity contribution in [2.45, 2.75) is 106 Å². The lowest BCUT2D eigenvalue weighted by Gasteiger charge is -2.60. The smallest absolute Gasteiger partial charge is 0.254 e. The molecule has 2 N–H and O–H groups in total. The van der Waals surface area contributed by atoms with Gasteiger partial charge in [0.1, 0.15) is 17.5 Å². The van der Waals surface area contributed by atoms with Gasteiger partial charge in [0.05, 0.1) is 31.5 Å². The molecule has 7 atom stereocenters. The predicted octanol–water partition coefficient (Wildman–Crippen LogP) is 10.7. The third-order valence-corrected chi connectivity index (χ3v) is 14.5. The summed E-state index contributed by atoms with van der Waals surface area (Å²) in [6.45, 7) is 8.24. The molecule has 10 nitrogen and oxygen atoms in total. The third kappa shape index (κ3) is 10.7. The number of amides is 1. The van der Waals surface area contributed by atoms with Crippen molar-refractivity contribution in [2.75, 3.05) is 45.3 Å². The van der Waals surface area contributed by atoms with Crippen molar-refractivity contribution in [1.82, 2.24) is 4.90 Å². The highest BCUT2D eigenvalue weighted by Gasteiger charge is 2.65. The van der Waals surface area contributed by atoms with Crippen molar-refractivity contribution in [3.8, 4) is 11.5 Å². The number of ether oxygens (including phenoxy) is 4. The second-order valence-electron chi connectivity index (χ2n) is 17.7. The van der Waals surface area contributed by atoms with Gasteiger partial charge in [-0.25, -0.2) is 0 Å². The number of thioether (sulfide) groups is 1. The molecule has 346 valence electrons. The van der Waals surface area contributed by atoms with Gasteiger partial charge in [-0.2, -0.15) is 0 Å². The van der Waals surface area contributed by atoms with Gasteiger partial charge in [0.2, 0.25) is 12.1 Å². The van der Waals surface area contributed by atoms with E-state index >= 15 is 4.79 Å². The number of benzene rings is 4. The normalized spacial score (nSPS) is 25.2. The second-order valence-corrected chi connectivity index (χ2v) is 18.9. The maximum Gasteiger partial charge on any atom is 0.254 e. The molecule has 2 fully saturated rings. The minimum Gasteiger partial charge on any atom is -0.493 e. The minimum absolute atomic E-state index is 0.102. The summed E-state index contributed by atoms with van der Waals surface area (Å²) in [4.78, 5) is 24.8. The molecule has 4 aliphatic rings. The molecule has 4 aromatic rings. The molecule has 1 saturated carbocycles. The van der Waals surface area contributed by atoms with Gasteiger partial charge < -0.3 is 38.9 Å². The molecule has 1 saturated heterocycles. The van der Waals surface area contributed by atoms with E-state index in [9.17, 15) is 10.2 Å². The topological polar surface area (TPSA) is 119 Å². The fourth-order valence-electron chi connectivity index (χ4n) is 10.6. The maximum absolute atomic E-state index is 15.3. The Morgan fingerprint density at radius 1 is 0.954 bits per heavy atom. The van der Waals surface area contributed by atoms with E-state index in [1.54, 1.807) is 17.8 Å². The lowest BCUT2D eigenvalue weighted by molar-refractivity contribution is -0.254. The summed E-state index contributed by atoms with van der Waals surface area (Å²) in [6.07, 6.45) is 12.3. The van der Waals surface area contributed by atoms with Crippen LogP contribution in [0.2, 0.25) is 0 Å². The number of hydrogen-bond acceptors (Lipinski definition) is 10. The Morgan fingerprint density at radius 2 is 1.75 bits per heavy atom. The standard InChI is InChI=1S/C54H66N2O8S/c1-3-27-56(53(59)41-24-23-38-16-8-9-17-39(38)34-41)49-37-47(55-64-50-22-12-15-31-61-50)45-35-40(18-10-13-28-57)44(21-11-14-29-58)51-46-36-42(60-32-33-65-43-19-6-5-7-20-43)25-26-48(46)63-54(49,52(45)51)62-30-4-2/h4-9,16-17,19-20,23-26,34-36,40,44,49-52,57-58H,2-3,10-15,18,21-22,27-33,37H2,1H3/t40-,44+,49-,50?,51+,52+,54+/m0/s1. The number of aliphatic hydroxyl groups excluding tert-OH is 2. The highest BCUT2D eigenvalue weighted by molar-refractivity contribution is 7.99. The quantitative estimate of drug-likeness (QED) is 0.0344. The lowest BCUT2D eigenvalue weighted by atomic mass is 9.55. The van der Waals surface area contributed by atoms with Crippen molar-refractivity contribution in [2.24, 2.45) is 22.9 Å². The molecular weight excluding hydrogens is 837 g/mol. The molecule has 65 heavy (non-hydrogen) atoms. The zero-order valence-electron chi connectivity index (χ0n) is 37.9. The number of rotatable bonds is 22. The molecule has 2 heterocycles. The summed E-state index contributed by atoms with van der Waals surface area (Å²) >= 11 is 1.76. The van der Waals surface area contributed by atoms with Crippen molar-refractivity contribution in [3.63, 3.8) is 0 Å². The number of unbranched alkanes of at least 4 members (excludes halogenated alkanes) is 2. The number of aliphatic hydroxyl groups is 2. The summed E-state index contributed by atoms with van der Waals surface area (Å²) < 4.78 is 27.3. The Kier molecular flexibility index (Phi) is 16.4. The SMILES string of the molecule is C=CCO[C@@]12Oc3ccc(OCCSc4ccccc4)cc3[C@H]3[C@H](CCCCO)[C@@H](CCCCO)C=C(C(=NOC4CCCCO4)C[C@@H]1N(CCC)C(=O)c1ccc4ccccc4c1)[C@H]32. The van der Waals surface area contributed by atoms with Gasteiger partial charge in [0, 0.05) is 60.3 Å². The van der Waals surface area contributed by atoms with Crippen molar-refractivity contribution in [1.29, 1.82) is 0 Å². The van der Waals surface area contributed by atoms with Crippen LogP contribution < -0.4 is 9.47 Å². The first-order chi connectivity index (χ1) is 32.0. The van der Waals surface area contributed by atoms with E-state index in [4.69, 9.17) is 28.9 Å². The third-order valence-electron chi connectivity index (χ3n) is 13.5. The minimum atomic E-state index is -1.35. The van der Waals surface area contributed by atoms with Crippen LogP contribution in [0.4, 0.5) is 0 Å². The van der Waals surface area contributed by atoms with E-state index in [-0.39, 0.29) is 43.5 Å². The van der Waals surface area contributed by atoms with E-state index in [0.717, 1.165) is 84.1 Å². The second kappa shape index (κ2) is 22.7. The average Bonchev–Trinajstić information content (AvgIpc) is 3.34. The molecule has 11 heteroatoms. The highest BCUT2D eigenvalue weighted by Crippen LogP contribution is 2.62. The molecule has 1 amide bonds. The summed E-state index contributed by atoms with van der Waals surface area (Å²) in [7, 11) is 0. The fraction of sp³-hybridized carbons (Fsp3) is 0.481. The highest BCUT2D eigenvalue weighted by atomic mass is 32.2. The Morgan fingerprint density at radius 3 is 2.52 bits per heavy atom. The number of carbonyl (C=O) groups is 1. The first kappa shape index (κ1) is 46.9. The van der Waals surface area contributed by atoms with E-state index in [1.165, 1.54) is 4.90 Å². The Balaban J connectivity index is 1.28. The number of allylic oxidation sites excluding steroid dienone is 1. The Bertz CT molecular complexity index is 2260. The van der Waals surface area contributed by atoms with E-state index < -0.39 is 24.0 Å². The first-order valence-electron chi connectivity index (χ1n) is 23.9. The molecule has 8 rings (SSSR count). The van der Waals surface area contributed by atoms with Crippen LogP contribution in [0.1, 0.15) is 99.4 Å². The van der Waals surface area contributed by atoms with Crippen LogP contribution >= 0.6 is 11.8 Å². The van der Waals surface area contributed by atoms with Crippen molar-refractivity contribution >= 4 is 34.2 Å². The molecule has 4 aromatic carbocycles. The molecule has 1 unspecified atom stereocenters. The van der Waals surface area contributed by atoms with Crippen LogP contribution in [-0.2, 0) is 14.3 Å². The lowest BCUT2D eigenvalue weighted by Crippen LogP contribution is -2.70.